The van der Waals surface area contributed by atoms with Gasteiger partial charge in [-0.25, -0.2) is 4.79 Å². The number of alkyl halides is 1. The molecule has 0 aromatic heterocycles. The van der Waals surface area contributed by atoms with Crippen molar-refractivity contribution >= 4 is 27.8 Å². The Morgan fingerprint density at radius 2 is 1.74 bits per heavy atom. The van der Waals surface area contributed by atoms with Crippen molar-refractivity contribution in [1.29, 1.82) is 0 Å². The number of hydrogen-bond acceptors (Lipinski definition) is 2. The molecule has 2 N–H and O–H groups in total. The Labute approximate surface area is 121 Å². The van der Waals surface area contributed by atoms with Crippen molar-refractivity contribution < 1.29 is 14.7 Å². The van der Waals surface area contributed by atoms with Crippen LogP contribution in [0.2, 0.25) is 0 Å². The molecule has 106 valence electrons. The van der Waals surface area contributed by atoms with Crippen LogP contribution in [0.3, 0.4) is 0 Å². The number of carboxylic acid groups (broad SMARTS) is 1. The summed E-state index contributed by atoms with van der Waals surface area (Å²) < 4.78 is 0. The molecule has 3 fully saturated rings. The van der Waals surface area contributed by atoms with E-state index in [0.29, 0.717) is 5.41 Å². The molecule has 1 unspecified atom stereocenters. The third-order valence-corrected chi connectivity index (χ3v) is 5.85. The van der Waals surface area contributed by atoms with Crippen LogP contribution < -0.4 is 5.32 Å². The molecule has 0 heterocycles. The second-order valence-electron chi connectivity index (χ2n) is 6.48. The fraction of sp³-hybridized carbons (Fsp3) is 0.857. The first-order chi connectivity index (χ1) is 9.06. The van der Waals surface area contributed by atoms with E-state index >= 15 is 0 Å². The van der Waals surface area contributed by atoms with E-state index in [1.807, 2.05) is 0 Å². The highest BCUT2D eigenvalue weighted by atomic mass is 79.9. The van der Waals surface area contributed by atoms with Crippen LogP contribution >= 0.6 is 15.9 Å². The highest BCUT2D eigenvalue weighted by Gasteiger charge is 2.61. The SMILES string of the molecule is O=C(O)NC(C(=O)CBr)C1CC(C2CC2)(C2CC2)C1. The third-order valence-electron chi connectivity index (χ3n) is 5.29. The van der Waals surface area contributed by atoms with E-state index in [-0.39, 0.29) is 17.0 Å². The molecular weight excluding hydrogens is 310 g/mol. The number of halogens is 1. The molecule has 0 aromatic rings. The van der Waals surface area contributed by atoms with E-state index in [1.54, 1.807) is 0 Å². The number of hydrogen-bond donors (Lipinski definition) is 2. The zero-order valence-corrected chi connectivity index (χ0v) is 12.5. The van der Waals surface area contributed by atoms with Crippen molar-refractivity contribution in [3.05, 3.63) is 0 Å². The van der Waals surface area contributed by atoms with Crippen LogP contribution in [0.4, 0.5) is 4.79 Å². The van der Waals surface area contributed by atoms with Crippen molar-refractivity contribution in [2.45, 2.75) is 44.6 Å². The molecule has 19 heavy (non-hydrogen) atoms. The molecule has 0 bridgehead atoms. The Morgan fingerprint density at radius 3 is 2.11 bits per heavy atom. The fourth-order valence-electron chi connectivity index (χ4n) is 4.15. The minimum Gasteiger partial charge on any atom is -0.465 e. The van der Waals surface area contributed by atoms with Crippen molar-refractivity contribution in [2.75, 3.05) is 5.33 Å². The summed E-state index contributed by atoms with van der Waals surface area (Å²) in [7, 11) is 0. The molecule has 3 aliphatic carbocycles. The fourth-order valence-corrected chi connectivity index (χ4v) is 4.49. The Hall–Kier alpha value is -0.580. The molecule has 0 aliphatic heterocycles. The highest BCUT2D eigenvalue weighted by molar-refractivity contribution is 9.09. The number of rotatable bonds is 6. The summed E-state index contributed by atoms with van der Waals surface area (Å²) in [4.78, 5) is 22.7. The molecule has 3 saturated carbocycles. The number of carbonyl (C=O) groups excluding carboxylic acids is 1. The van der Waals surface area contributed by atoms with Gasteiger partial charge in [0.2, 0.25) is 0 Å². The summed E-state index contributed by atoms with van der Waals surface area (Å²) in [5, 5.41) is 11.5. The average molecular weight is 330 g/mol. The van der Waals surface area contributed by atoms with Crippen LogP contribution in [0.1, 0.15) is 38.5 Å². The summed E-state index contributed by atoms with van der Waals surface area (Å²) in [6, 6.07) is -0.512. The van der Waals surface area contributed by atoms with E-state index in [1.165, 1.54) is 25.7 Å². The average Bonchev–Trinajstić information content (AvgIpc) is 3.14. The van der Waals surface area contributed by atoms with Gasteiger partial charge in [0.05, 0.1) is 11.4 Å². The van der Waals surface area contributed by atoms with E-state index in [2.05, 4.69) is 21.2 Å². The molecule has 4 nitrogen and oxygen atoms in total. The lowest BCUT2D eigenvalue weighted by atomic mass is 9.54. The van der Waals surface area contributed by atoms with Crippen molar-refractivity contribution in [3.8, 4) is 0 Å². The van der Waals surface area contributed by atoms with Crippen LogP contribution in [-0.4, -0.2) is 28.4 Å². The summed E-state index contributed by atoms with van der Waals surface area (Å²) in [5.41, 5.74) is 0.468. The van der Waals surface area contributed by atoms with Gasteiger partial charge in [0.25, 0.3) is 0 Å². The van der Waals surface area contributed by atoms with Crippen molar-refractivity contribution in [3.63, 3.8) is 0 Å². The lowest BCUT2D eigenvalue weighted by Gasteiger charge is -2.51. The standard InChI is InChI=1S/C14H20BrNO3/c15-7-11(17)12(16-13(18)19)8-5-14(6-8,9-1-2-9)10-3-4-10/h8-10,12,16H,1-7H2,(H,18,19). The number of carbonyl (C=O) groups is 2. The zero-order chi connectivity index (χ0) is 13.6. The minimum absolute atomic E-state index is 0.0346. The molecule has 0 aromatic carbocycles. The van der Waals surface area contributed by atoms with E-state index in [9.17, 15) is 9.59 Å². The van der Waals surface area contributed by atoms with Gasteiger partial charge in [0, 0.05) is 0 Å². The first kappa shape index (κ1) is 13.4. The molecular formula is C14H20BrNO3. The second-order valence-corrected chi connectivity index (χ2v) is 7.04. The minimum atomic E-state index is -1.09. The first-order valence-corrected chi connectivity index (χ1v) is 8.27. The highest BCUT2D eigenvalue weighted by Crippen LogP contribution is 2.69. The molecule has 5 heteroatoms. The Bertz CT molecular complexity index is 383. The maximum Gasteiger partial charge on any atom is 0.405 e. The third kappa shape index (κ3) is 2.41. The largest absolute Gasteiger partial charge is 0.465 e. The normalized spacial score (nSPS) is 27.4. The lowest BCUT2D eigenvalue weighted by Crippen LogP contribution is -2.55. The van der Waals surface area contributed by atoms with Crippen LogP contribution in [0.25, 0.3) is 0 Å². The lowest BCUT2D eigenvalue weighted by molar-refractivity contribution is -0.123. The van der Waals surface area contributed by atoms with Crippen LogP contribution in [0, 0.1) is 23.2 Å². The summed E-state index contributed by atoms with van der Waals surface area (Å²) in [6.07, 6.45) is 6.37. The predicted molar refractivity (Wildman–Crippen MR) is 74.4 cm³/mol. The molecule has 1 amide bonds. The number of nitrogens with one attached hydrogen (secondary N) is 1. The second kappa shape index (κ2) is 4.76. The monoisotopic (exact) mass is 329 g/mol. The topological polar surface area (TPSA) is 66.4 Å². The molecule has 3 aliphatic rings. The van der Waals surface area contributed by atoms with Crippen LogP contribution in [0.15, 0.2) is 0 Å². The van der Waals surface area contributed by atoms with Gasteiger partial charge in [0.15, 0.2) is 5.78 Å². The number of amides is 1. The van der Waals surface area contributed by atoms with Crippen LogP contribution in [0.5, 0.6) is 0 Å². The first-order valence-electron chi connectivity index (χ1n) is 7.15. The molecule has 0 saturated heterocycles. The van der Waals surface area contributed by atoms with Gasteiger partial charge in [-0.3, -0.25) is 4.79 Å². The Balaban J connectivity index is 1.65. The smallest absolute Gasteiger partial charge is 0.405 e. The Kier molecular flexibility index (Phi) is 3.36. The zero-order valence-electron chi connectivity index (χ0n) is 10.9. The van der Waals surface area contributed by atoms with Gasteiger partial charge in [0.1, 0.15) is 0 Å². The van der Waals surface area contributed by atoms with Gasteiger partial charge in [-0.2, -0.15) is 0 Å². The van der Waals surface area contributed by atoms with E-state index < -0.39 is 12.1 Å². The Morgan fingerprint density at radius 1 is 1.21 bits per heavy atom. The quantitative estimate of drug-likeness (QED) is 0.736. The van der Waals surface area contributed by atoms with Crippen molar-refractivity contribution in [1.82, 2.24) is 5.32 Å². The van der Waals surface area contributed by atoms with Crippen molar-refractivity contribution in [2.24, 2.45) is 23.2 Å². The van der Waals surface area contributed by atoms with Gasteiger partial charge in [-0.15, -0.1) is 0 Å². The van der Waals surface area contributed by atoms with Crippen LogP contribution in [-0.2, 0) is 4.79 Å². The number of Topliss-reactive ketones (excluding diaryl/α,β-unsaturated/α-hetero) is 1. The number of ketones is 1. The summed E-state index contributed by atoms with van der Waals surface area (Å²) in [5.74, 6) is 1.90. The van der Waals surface area contributed by atoms with Gasteiger partial charge < -0.3 is 10.4 Å². The molecule has 1 atom stereocenters. The molecule has 0 radical (unpaired) electrons. The van der Waals surface area contributed by atoms with Gasteiger partial charge in [-0.1, -0.05) is 15.9 Å². The van der Waals surface area contributed by atoms with E-state index in [0.717, 1.165) is 24.7 Å². The maximum atomic E-state index is 11.9. The maximum absolute atomic E-state index is 11.9. The van der Waals surface area contributed by atoms with E-state index in [4.69, 9.17) is 5.11 Å². The summed E-state index contributed by atoms with van der Waals surface area (Å²) >= 11 is 3.16. The van der Waals surface area contributed by atoms with Gasteiger partial charge >= 0.3 is 6.09 Å². The van der Waals surface area contributed by atoms with Gasteiger partial charge in [-0.05, 0) is 61.7 Å². The molecule has 3 rings (SSSR count). The predicted octanol–water partition coefficient (Wildman–Crippen LogP) is 2.80. The molecule has 0 spiro atoms. The summed E-state index contributed by atoms with van der Waals surface area (Å²) in [6.45, 7) is 0.